The van der Waals surface area contributed by atoms with Gasteiger partial charge in [-0.2, -0.15) is 0 Å². The van der Waals surface area contributed by atoms with Crippen LogP contribution in [0.3, 0.4) is 0 Å². The molecule has 17 heavy (non-hydrogen) atoms. The first-order chi connectivity index (χ1) is 8.09. The van der Waals surface area contributed by atoms with E-state index in [1.54, 1.807) is 0 Å². The molecule has 3 nitrogen and oxygen atoms in total. The van der Waals surface area contributed by atoms with Gasteiger partial charge in [0, 0.05) is 13.1 Å². The fourth-order valence-electron chi connectivity index (χ4n) is 1.84. The van der Waals surface area contributed by atoms with E-state index in [0.717, 1.165) is 6.07 Å². The van der Waals surface area contributed by atoms with E-state index in [0.29, 0.717) is 19.7 Å². The van der Waals surface area contributed by atoms with Gasteiger partial charge in [0.15, 0.2) is 11.6 Å². The zero-order valence-electron chi connectivity index (χ0n) is 9.45. The highest BCUT2D eigenvalue weighted by Gasteiger charge is 2.25. The molecule has 1 heterocycles. The van der Waals surface area contributed by atoms with Crippen molar-refractivity contribution in [3.63, 3.8) is 0 Å². The average molecular weight is 241 g/mol. The largest absolute Gasteiger partial charge is 0.375 e. The molecule has 1 aliphatic heterocycles. The second-order valence-corrected chi connectivity index (χ2v) is 4.03. The van der Waals surface area contributed by atoms with Gasteiger partial charge in [-0.1, -0.05) is 6.07 Å². The second kappa shape index (κ2) is 4.79. The summed E-state index contributed by atoms with van der Waals surface area (Å²) in [5.41, 5.74) is -0.223. The summed E-state index contributed by atoms with van der Waals surface area (Å²) in [5.74, 6) is -2.58. The molecule has 0 bridgehead atoms. The van der Waals surface area contributed by atoms with E-state index in [4.69, 9.17) is 4.74 Å². The molecule has 1 unspecified atom stereocenters. The van der Waals surface area contributed by atoms with Gasteiger partial charge in [0.05, 0.1) is 18.3 Å². The van der Waals surface area contributed by atoms with Crippen LogP contribution in [0.4, 0.5) is 8.78 Å². The Kier molecular flexibility index (Phi) is 3.38. The van der Waals surface area contributed by atoms with E-state index in [1.807, 2.05) is 6.92 Å². The summed E-state index contributed by atoms with van der Waals surface area (Å²) in [6.45, 7) is 3.05. The van der Waals surface area contributed by atoms with Crippen LogP contribution in [0.15, 0.2) is 18.2 Å². The first-order valence-corrected chi connectivity index (χ1v) is 5.44. The number of hydrogen-bond donors (Lipinski definition) is 0. The minimum absolute atomic E-state index is 0.0793. The standard InChI is InChI=1S/C12H13F2NO2/c1-8-7-15(5-6-17-8)12(16)9-3-2-4-10(13)11(9)14/h2-4,8H,5-7H2,1H3. The number of morpholine rings is 1. The zero-order chi connectivity index (χ0) is 12.4. The van der Waals surface area contributed by atoms with Crippen molar-refractivity contribution in [2.75, 3.05) is 19.7 Å². The third-order valence-corrected chi connectivity index (χ3v) is 2.71. The van der Waals surface area contributed by atoms with Gasteiger partial charge in [-0.25, -0.2) is 8.78 Å². The maximum absolute atomic E-state index is 13.5. The molecule has 1 atom stereocenters. The van der Waals surface area contributed by atoms with Crippen molar-refractivity contribution in [1.82, 2.24) is 4.90 Å². The van der Waals surface area contributed by atoms with E-state index in [9.17, 15) is 13.6 Å². The Morgan fingerprint density at radius 1 is 1.47 bits per heavy atom. The molecule has 0 N–H and O–H groups in total. The SMILES string of the molecule is CC1CN(C(=O)c2cccc(F)c2F)CCO1. The van der Waals surface area contributed by atoms with E-state index < -0.39 is 17.5 Å². The second-order valence-electron chi connectivity index (χ2n) is 4.03. The molecule has 0 spiro atoms. The summed E-state index contributed by atoms with van der Waals surface area (Å²) in [6, 6.07) is 3.62. The molecule has 92 valence electrons. The number of amides is 1. The Morgan fingerprint density at radius 3 is 2.94 bits per heavy atom. The van der Waals surface area contributed by atoms with E-state index in [2.05, 4.69) is 0 Å². The summed E-state index contributed by atoms with van der Waals surface area (Å²) in [7, 11) is 0. The Morgan fingerprint density at radius 2 is 2.24 bits per heavy atom. The Bertz CT molecular complexity index is 437. The van der Waals surface area contributed by atoms with Crippen molar-refractivity contribution in [3.05, 3.63) is 35.4 Å². The number of ether oxygens (including phenoxy) is 1. The molecule has 2 rings (SSSR count). The zero-order valence-corrected chi connectivity index (χ0v) is 9.45. The van der Waals surface area contributed by atoms with Crippen LogP contribution in [0, 0.1) is 11.6 Å². The Labute approximate surface area is 98.0 Å². The van der Waals surface area contributed by atoms with Crippen molar-refractivity contribution in [3.8, 4) is 0 Å². The predicted octanol–water partition coefficient (Wildman–Crippen LogP) is 1.83. The summed E-state index contributed by atoms with van der Waals surface area (Å²) in [6.07, 6.45) is -0.0793. The molecule has 0 aromatic heterocycles. The first kappa shape index (κ1) is 12.0. The lowest BCUT2D eigenvalue weighted by Crippen LogP contribution is -2.44. The summed E-state index contributed by atoms with van der Waals surface area (Å²) >= 11 is 0. The fraction of sp³-hybridized carbons (Fsp3) is 0.417. The highest BCUT2D eigenvalue weighted by atomic mass is 19.2. The van der Waals surface area contributed by atoms with Crippen LogP contribution in [0.25, 0.3) is 0 Å². The summed E-state index contributed by atoms with van der Waals surface area (Å²) in [5, 5.41) is 0. The van der Waals surface area contributed by atoms with Crippen molar-refractivity contribution in [2.45, 2.75) is 13.0 Å². The third kappa shape index (κ3) is 2.44. The van der Waals surface area contributed by atoms with Gasteiger partial charge in [-0.15, -0.1) is 0 Å². The molecule has 1 fully saturated rings. The number of hydrogen-bond acceptors (Lipinski definition) is 2. The summed E-state index contributed by atoms with van der Waals surface area (Å²) in [4.78, 5) is 13.5. The van der Waals surface area contributed by atoms with Crippen LogP contribution in [0.1, 0.15) is 17.3 Å². The van der Waals surface area contributed by atoms with Gasteiger partial charge in [-0.3, -0.25) is 4.79 Å². The number of carbonyl (C=O) groups is 1. The number of carbonyl (C=O) groups excluding carboxylic acids is 1. The number of benzene rings is 1. The molecule has 0 aliphatic carbocycles. The van der Waals surface area contributed by atoms with Crippen LogP contribution >= 0.6 is 0 Å². The maximum atomic E-state index is 13.5. The van der Waals surface area contributed by atoms with E-state index >= 15 is 0 Å². The number of halogens is 2. The number of rotatable bonds is 1. The van der Waals surface area contributed by atoms with Gasteiger partial charge < -0.3 is 9.64 Å². The number of nitrogens with zero attached hydrogens (tertiary/aromatic N) is 1. The highest BCUT2D eigenvalue weighted by Crippen LogP contribution is 2.15. The minimum atomic E-state index is -1.09. The molecular formula is C12H13F2NO2. The molecule has 5 heteroatoms. The first-order valence-electron chi connectivity index (χ1n) is 5.44. The van der Waals surface area contributed by atoms with Crippen molar-refractivity contribution in [1.29, 1.82) is 0 Å². The topological polar surface area (TPSA) is 29.5 Å². The summed E-state index contributed by atoms with van der Waals surface area (Å²) < 4.78 is 31.7. The van der Waals surface area contributed by atoms with Gasteiger partial charge in [0.1, 0.15) is 0 Å². The Balaban J connectivity index is 2.22. The molecular weight excluding hydrogens is 228 g/mol. The molecule has 1 aromatic rings. The van der Waals surface area contributed by atoms with Crippen LogP contribution in [-0.2, 0) is 4.74 Å². The van der Waals surface area contributed by atoms with Crippen molar-refractivity contribution < 1.29 is 18.3 Å². The van der Waals surface area contributed by atoms with Crippen molar-refractivity contribution in [2.24, 2.45) is 0 Å². The van der Waals surface area contributed by atoms with Gasteiger partial charge in [-0.05, 0) is 19.1 Å². The molecule has 1 aliphatic rings. The smallest absolute Gasteiger partial charge is 0.257 e. The predicted molar refractivity (Wildman–Crippen MR) is 57.7 cm³/mol. The van der Waals surface area contributed by atoms with Crippen LogP contribution in [-0.4, -0.2) is 36.6 Å². The normalized spacial score (nSPS) is 20.4. The van der Waals surface area contributed by atoms with Gasteiger partial charge >= 0.3 is 0 Å². The fourth-order valence-corrected chi connectivity index (χ4v) is 1.84. The maximum Gasteiger partial charge on any atom is 0.257 e. The molecule has 0 saturated carbocycles. The molecule has 1 amide bonds. The third-order valence-electron chi connectivity index (χ3n) is 2.71. The lowest BCUT2D eigenvalue weighted by atomic mass is 10.1. The van der Waals surface area contributed by atoms with E-state index in [-0.39, 0.29) is 11.7 Å². The van der Waals surface area contributed by atoms with Crippen LogP contribution < -0.4 is 0 Å². The van der Waals surface area contributed by atoms with Crippen LogP contribution in [0.5, 0.6) is 0 Å². The molecule has 0 radical (unpaired) electrons. The van der Waals surface area contributed by atoms with E-state index in [1.165, 1.54) is 17.0 Å². The van der Waals surface area contributed by atoms with Crippen LogP contribution in [0.2, 0.25) is 0 Å². The molecule has 1 saturated heterocycles. The average Bonchev–Trinajstić information content (AvgIpc) is 2.32. The van der Waals surface area contributed by atoms with Crippen molar-refractivity contribution >= 4 is 5.91 Å². The highest BCUT2D eigenvalue weighted by molar-refractivity contribution is 5.94. The lowest BCUT2D eigenvalue weighted by molar-refractivity contribution is -0.0126. The monoisotopic (exact) mass is 241 g/mol. The van der Waals surface area contributed by atoms with Gasteiger partial charge in [0.2, 0.25) is 0 Å². The minimum Gasteiger partial charge on any atom is -0.375 e. The lowest BCUT2D eigenvalue weighted by Gasteiger charge is -2.31. The Hall–Kier alpha value is -1.49. The van der Waals surface area contributed by atoms with Gasteiger partial charge in [0.25, 0.3) is 5.91 Å². The molecule has 1 aromatic carbocycles. The quantitative estimate of drug-likeness (QED) is 0.750.